The molecule has 2 aromatic rings. The highest BCUT2D eigenvalue weighted by Crippen LogP contribution is 2.29. The van der Waals surface area contributed by atoms with Gasteiger partial charge in [-0.05, 0) is 68.3 Å². The predicted molar refractivity (Wildman–Crippen MR) is 95.0 cm³/mol. The van der Waals surface area contributed by atoms with Crippen LogP contribution in [0.25, 0.3) is 0 Å². The van der Waals surface area contributed by atoms with Gasteiger partial charge in [-0.1, -0.05) is 17.8 Å². The summed E-state index contributed by atoms with van der Waals surface area (Å²) in [6.45, 7) is 5.71. The number of anilines is 1. The minimum Gasteiger partial charge on any atom is -0.326 e. The van der Waals surface area contributed by atoms with Gasteiger partial charge in [-0.25, -0.2) is 0 Å². The van der Waals surface area contributed by atoms with Crippen molar-refractivity contribution in [3.8, 4) is 0 Å². The summed E-state index contributed by atoms with van der Waals surface area (Å²) in [4.78, 5) is 24.9. The molecule has 0 aromatic heterocycles. The number of benzene rings is 2. The molecule has 1 N–H and O–H groups in total. The molecule has 2 aromatic carbocycles. The van der Waals surface area contributed by atoms with Gasteiger partial charge in [0.15, 0.2) is 0 Å². The zero-order valence-electron chi connectivity index (χ0n) is 13.7. The van der Waals surface area contributed by atoms with Gasteiger partial charge >= 0.3 is 0 Å². The summed E-state index contributed by atoms with van der Waals surface area (Å²) in [5, 5.41) is 2.80. The van der Waals surface area contributed by atoms with Gasteiger partial charge < -0.3 is 10.1 Å². The fourth-order valence-electron chi connectivity index (χ4n) is 2.03. The molecular weight excluding hydrogens is 306 g/mol. The van der Waals surface area contributed by atoms with Crippen LogP contribution in [0.1, 0.15) is 30.9 Å². The fraction of sp³-hybridized carbons (Fsp3) is 0.263. The second-order valence-corrected chi connectivity index (χ2v) is 6.77. The first-order valence-corrected chi connectivity index (χ1v) is 8.40. The van der Waals surface area contributed by atoms with E-state index in [0.29, 0.717) is 0 Å². The topological polar surface area (TPSA) is 46.2 Å². The number of hydrogen-bond acceptors (Lipinski definition) is 3. The number of carbonyl (C=O) groups is 2. The summed E-state index contributed by atoms with van der Waals surface area (Å²) in [6.07, 6.45) is 0.515. The summed E-state index contributed by atoms with van der Waals surface area (Å²) in [7, 11) is 0. The first kappa shape index (κ1) is 17.3. The number of aryl methyl sites for hydroxylation is 2. The Bertz CT molecular complexity index is 708. The molecule has 0 unspecified atom stereocenters. The zero-order valence-corrected chi connectivity index (χ0v) is 14.5. The Morgan fingerprint density at radius 2 is 1.57 bits per heavy atom. The normalized spacial score (nSPS) is 10.4. The van der Waals surface area contributed by atoms with Crippen molar-refractivity contribution >= 4 is 29.1 Å². The van der Waals surface area contributed by atoms with Gasteiger partial charge in [-0.15, -0.1) is 0 Å². The average Bonchev–Trinajstić information content (AvgIpc) is 2.51. The minimum atomic E-state index is -0.130. The Kier molecular flexibility index (Phi) is 5.99. The maximum absolute atomic E-state index is 11.7. The van der Waals surface area contributed by atoms with Crippen LogP contribution in [0, 0.1) is 13.8 Å². The Morgan fingerprint density at radius 3 is 2.17 bits per heavy atom. The molecule has 120 valence electrons. The molecular formula is C19H21NO2S. The van der Waals surface area contributed by atoms with E-state index >= 15 is 0 Å². The van der Waals surface area contributed by atoms with Crippen molar-refractivity contribution in [2.24, 2.45) is 0 Å². The highest BCUT2D eigenvalue weighted by atomic mass is 32.2. The van der Waals surface area contributed by atoms with Gasteiger partial charge in [0.2, 0.25) is 5.91 Å². The van der Waals surface area contributed by atoms with Gasteiger partial charge in [0, 0.05) is 28.3 Å². The van der Waals surface area contributed by atoms with E-state index in [1.54, 1.807) is 11.8 Å². The summed E-state index contributed by atoms with van der Waals surface area (Å²) in [5.74, 6) is -0.102. The van der Waals surface area contributed by atoms with Crippen molar-refractivity contribution in [1.82, 2.24) is 0 Å². The number of amides is 1. The quantitative estimate of drug-likeness (QED) is 0.832. The smallest absolute Gasteiger partial charge is 0.224 e. The van der Waals surface area contributed by atoms with Crippen molar-refractivity contribution < 1.29 is 9.59 Å². The maximum atomic E-state index is 11.7. The van der Waals surface area contributed by atoms with E-state index in [1.807, 2.05) is 24.3 Å². The van der Waals surface area contributed by atoms with Crippen molar-refractivity contribution in [2.75, 3.05) is 5.32 Å². The number of rotatable bonds is 6. The van der Waals surface area contributed by atoms with Crippen LogP contribution >= 0.6 is 11.8 Å². The molecule has 0 atom stereocenters. The van der Waals surface area contributed by atoms with Crippen LogP contribution in [0.15, 0.2) is 52.3 Å². The number of hydrogen-bond donors (Lipinski definition) is 1. The Labute approximate surface area is 141 Å². The average molecular weight is 327 g/mol. The highest BCUT2D eigenvalue weighted by molar-refractivity contribution is 7.99. The molecule has 0 radical (unpaired) electrons. The van der Waals surface area contributed by atoms with E-state index in [9.17, 15) is 9.59 Å². The van der Waals surface area contributed by atoms with Crippen LogP contribution in [0.4, 0.5) is 5.69 Å². The molecule has 2 rings (SSSR count). The monoisotopic (exact) mass is 327 g/mol. The first-order valence-electron chi connectivity index (χ1n) is 7.58. The molecule has 0 saturated carbocycles. The number of Topliss-reactive ketones (excluding diaryl/α,β-unsaturated/α-hetero) is 1. The van der Waals surface area contributed by atoms with Gasteiger partial charge in [-0.3, -0.25) is 4.79 Å². The number of nitrogens with one attached hydrogen (secondary N) is 1. The second-order valence-electron chi connectivity index (χ2n) is 5.62. The van der Waals surface area contributed by atoms with Crippen LogP contribution in [-0.4, -0.2) is 11.7 Å². The van der Waals surface area contributed by atoms with Crippen LogP contribution in [-0.2, 0) is 9.59 Å². The molecule has 0 bridgehead atoms. The maximum Gasteiger partial charge on any atom is 0.224 e. The van der Waals surface area contributed by atoms with Gasteiger partial charge in [-0.2, -0.15) is 0 Å². The van der Waals surface area contributed by atoms with Gasteiger partial charge in [0.25, 0.3) is 0 Å². The molecule has 0 spiro atoms. The van der Waals surface area contributed by atoms with Crippen molar-refractivity contribution in [2.45, 2.75) is 43.4 Å². The zero-order chi connectivity index (χ0) is 16.8. The Balaban J connectivity index is 1.95. The SMILES string of the molecule is CC(=O)CCC(=O)Nc1ccc(Sc2ccc(C)c(C)c2)cc1. The third kappa shape index (κ3) is 5.57. The first-order chi connectivity index (χ1) is 10.9. The largest absolute Gasteiger partial charge is 0.326 e. The molecule has 0 saturated heterocycles. The molecule has 0 heterocycles. The molecule has 0 aliphatic carbocycles. The third-order valence-electron chi connectivity index (χ3n) is 3.56. The molecule has 0 fully saturated rings. The van der Waals surface area contributed by atoms with Crippen molar-refractivity contribution in [3.05, 3.63) is 53.6 Å². The summed E-state index contributed by atoms with van der Waals surface area (Å²) < 4.78 is 0. The molecule has 1 amide bonds. The van der Waals surface area contributed by atoms with Crippen molar-refractivity contribution in [1.29, 1.82) is 0 Å². The molecule has 3 nitrogen and oxygen atoms in total. The van der Waals surface area contributed by atoms with E-state index in [0.717, 1.165) is 10.6 Å². The summed E-state index contributed by atoms with van der Waals surface area (Å²) >= 11 is 1.69. The molecule has 0 aliphatic rings. The van der Waals surface area contributed by atoms with E-state index in [4.69, 9.17) is 0 Å². The van der Waals surface area contributed by atoms with E-state index in [1.165, 1.54) is 22.9 Å². The lowest BCUT2D eigenvalue weighted by atomic mass is 10.1. The third-order valence-corrected chi connectivity index (χ3v) is 4.55. The number of ketones is 1. The van der Waals surface area contributed by atoms with Crippen LogP contribution in [0.2, 0.25) is 0 Å². The molecule has 0 aliphatic heterocycles. The van der Waals surface area contributed by atoms with E-state index in [-0.39, 0.29) is 24.5 Å². The fourth-order valence-corrected chi connectivity index (χ4v) is 2.95. The number of carbonyl (C=O) groups excluding carboxylic acids is 2. The van der Waals surface area contributed by atoms with Crippen molar-refractivity contribution in [3.63, 3.8) is 0 Å². The van der Waals surface area contributed by atoms with Gasteiger partial charge in [0.1, 0.15) is 5.78 Å². The van der Waals surface area contributed by atoms with Crippen LogP contribution < -0.4 is 5.32 Å². The standard InChI is InChI=1S/C19H21NO2S/c1-13-4-8-18(12-14(13)2)23-17-9-6-16(7-10-17)20-19(22)11-5-15(3)21/h4,6-10,12H,5,11H2,1-3H3,(H,20,22). The minimum absolute atomic E-state index is 0.0280. The van der Waals surface area contributed by atoms with Crippen LogP contribution in [0.3, 0.4) is 0 Å². The molecule has 23 heavy (non-hydrogen) atoms. The highest BCUT2D eigenvalue weighted by Gasteiger charge is 2.05. The van der Waals surface area contributed by atoms with Crippen LogP contribution in [0.5, 0.6) is 0 Å². The Morgan fingerprint density at radius 1 is 0.913 bits per heavy atom. The summed E-state index contributed by atoms with van der Waals surface area (Å²) in [6, 6.07) is 14.2. The lowest BCUT2D eigenvalue weighted by Gasteiger charge is -2.07. The lowest BCUT2D eigenvalue weighted by molar-refractivity contribution is -0.121. The van der Waals surface area contributed by atoms with E-state index < -0.39 is 0 Å². The van der Waals surface area contributed by atoms with Gasteiger partial charge in [0.05, 0.1) is 0 Å². The second kappa shape index (κ2) is 7.97. The lowest BCUT2D eigenvalue weighted by Crippen LogP contribution is -2.12. The predicted octanol–water partition coefficient (Wildman–Crippen LogP) is 4.76. The summed E-state index contributed by atoms with van der Waals surface area (Å²) in [5.41, 5.74) is 3.32. The Hall–Kier alpha value is -2.07. The van der Waals surface area contributed by atoms with E-state index in [2.05, 4.69) is 37.4 Å². The molecule has 4 heteroatoms.